The molecule has 2 aromatic rings. The van der Waals surface area contributed by atoms with Crippen molar-refractivity contribution in [3.05, 3.63) is 59.7 Å². The monoisotopic (exact) mass is 368 g/mol. The molecule has 2 rings (SSSR count). The van der Waals surface area contributed by atoms with Crippen LogP contribution in [0.25, 0.3) is 0 Å². The van der Waals surface area contributed by atoms with Gasteiger partial charge in [0.05, 0.1) is 0 Å². The van der Waals surface area contributed by atoms with E-state index in [9.17, 15) is 22.0 Å². The summed E-state index contributed by atoms with van der Waals surface area (Å²) in [7, 11) is -4.19. The Balaban J connectivity index is 2.05. The van der Waals surface area contributed by atoms with Crippen molar-refractivity contribution in [1.29, 1.82) is 0 Å². The molecule has 1 amide bonds. The fourth-order valence-electron chi connectivity index (χ4n) is 1.93. The molecular formula is C17H18F2N2O3S. The van der Waals surface area contributed by atoms with Crippen molar-refractivity contribution in [1.82, 2.24) is 4.72 Å². The molecule has 2 N–H and O–H groups in total. The van der Waals surface area contributed by atoms with E-state index >= 15 is 0 Å². The molecule has 0 spiro atoms. The number of benzene rings is 2. The number of anilines is 1. The van der Waals surface area contributed by atoms with Gasteiger partial charge in [0.25, 0.3) is 0 Å². The zero-order chi connectivity index (χ0) is 18.6. The lowest BCUT2D eigenvalue weighted by atomic mass is 10.2. The van der Waals surface area contributed by atoms with Gasteiger partial charge in [-0.1, -0.05) is 26.0 Å². The largest absolute Gasteiger partial charge is 0.326 e. The summed E-state index contributed by atoms with van der Waals surface area (Å²) in [5.41, 5.74) is 1.18. The zero-order valence-electron chi connectivity index (χ0n) is 13.7. The lowest BCUT2D eigenvalue weighted by Crippen LogP contribution is -2.24. The quantitative estimate of drug-likeness (QED) is 0.823. The number of hydrogen-bond donors (Lipinski definition) is 2. The molecule has 0 atom stereocenters. The van der Waals surface area contributed by atoms with Gasteiger partial charge in [-0.05, 0) is 35.9 Å². The number of carbonyl (C=O) groups is 1. The summed E-state index contributed by atoms with van der Waals surface area (Å²) in [6, 6.07) is 8.75. The predicted molar refractivity (Wildman–Crippen MR) is 90.3 cm³/mol. The first-order chi connectivity index (χ1) is 11.7. The third-order valence-corrected chi connectivity index (χ3v) is 4.81. The van der Waals surface area contributed by atoms with Crippen molar-refractivity contribution >= 4 is 21.6 Å². The van der Waals surface area contributed by atoms with Gasteiger partial charge in [-0.2, -0.15) is 0 Å². The first-order valence-corrected chi connectivity index (χ1v) is 9.02. The second-order valence-electron chi connectivity index (χ2n) is 5.74. The summed E-state index contributed by atoms with van der Waals surface area (Å²) in [6.45, 7) is 3.44. The van der Waals surface area contributed by atoms with Crippen molar-refractivity contribution < 1.29 is 22.0 Å². The second kappa shape index (κ2) is 7.71. The summed E-state index contributed by atoms with van der Waals surface area (Å²) in [4.78, 5) is 10.9. The Hall–Kier alpha value is -2.32. The highest BCUT2D eigenvalue weighted by atomic mass is 32.2. The van der Waals surface area contributed by atoms with Crippen LogP contribution in [0.3, 0.4) is 0 Å². The molecule has 0 fully saturated rings. The number of amides is 1. The Labute approximate surface area is 145 Å². The molecule has 0 heterocycles. The topological polar surface area (TPSA) is 75.3 Å². The van der Waals surface area contributed by atoms with Gasteiger partial charge in [0.1, 0.15) is 16.5 Å². The summed E-state index contributed by atoms with van der Waals surface area (Å²) < 4.78 is 53.2. The first kappa shape index (κ1) is 19.0. The van der Waals surface area contributed by atoms with Crippen LogP contribution in [0.5, 0.6) is 0 Å². The minimum absolute atomic E-state index is 0.101. The molecule has 0 radical (unpaired) electrons. The average molecular weight is 368 g/mol. The molecule has 0 aliphatic heterocycles. The van der Waals surface area contributed by atoms with Crippen molar-refractivity contribution in [2.75, 3.05) is 5.32 Å². The first-order valence-electron chi connectivity index (χ1n) is 7.53. The third-order valence-electron chi connectivity index (χ3n) is 3.39. The van der Waals surface area contributed by atoms with Crippen molar-refractivity contribution in [3.8, 4) is 0 Å². The van der Waals surface area contributed by atoms with Crippen LogP contribution in [0.1, 0.15) is 19.4 Å². The Morgan fingerprint density at radius 2 is 1.72 bits per heavy atom. The molecule has 0 saturated carbocycles. The van der Waals surface area contributed by atoms with Crippen LogP contribution < -0.4 is 10.0 Å². The van der Waals surface area contributed by atoms with Gasteiger partial charge in [-0.15, -0.1) is 0 Å². The van der Waals surface area contributed by atoms with E-state index in [2.05, 4.69) is 10.0 Å². The smallest absolute Gasteiger partial charge is 0.243 e. The fraction of sp³-hybridized carbons (Fsp3) is 0.235. The van der Waals surface area contributed by atoms with Crippen LogP contribution in [0.15, 0.2) is 47.4 Å². The van der Waals surface area contributed by atoms with E-state index < -0.39 is 26.6 Å². The summed E-state index contributed by atoms with van der Waals surface area (Å²) in [5, 5.41) is 2.71. The van der Waals surface area contributed by atoms with E-state index in [1.54, 1.807) is 38.1 Å². The summed E-state index contributed by atoms with van der Waals surface area (Å²) in [6.07, 6.45) is 0. The van der Waals surface area contributed by atoms with Gasteiger partial charge in [0, 0.05) is 18.2 Å². The Morgan fingerprint density at radius 1 is 1.08 bits per heavy atom. The second-order valence-corrected chi connectivity index (χ2v) is 7.48. The van der Waals surface area contributed by atoms with Crippen molar-refractivity contribution in [2.45, 2.75) is 25.3 Å². The number of hydrogen-bond acceptors (Lipinski definition) is 3. The van der Waals surface area contributed by atoms with Crippen molar-refractivity contribution in [3.63, 3.8) is 0 Å². The number of rotatable bonds is 6. The van der Waals surface area contributed by atoms with Crippen LogP contribution >= 0.6 is 0 Å². The van der Waals surface area contributed by atoms with Gasteiger partial charge in [0.15, 0.2) is 0 Å². The standard InChI is InChI=1S/C17H18F2N2O3S/c1-11(2)17(22)21-14-6-3-12(4-7-14)10-20-25(23,24)16-9-13(18)5-8-15(16)19/h3-9,11,20H,10H2,1-2H3,(H,21,22). The SMILES string of the molecule is CC(C)C(=O)Nc1ccc(CNS(=O)(=O)c2cc(F)ccc2F)cc1. The zero-order valence-corrected chi connectivity index (χ0v) is 14.5. The maximum absolute atomic E-state index is 13.6. The lowest BCUT2D eigenvalue weighted by Gasteiger charge is -2.10. The Morgan fingerprint density at radius 3 is 2.32 bits per heavy atom. The van der Waals surface area contributed by atoms with Gasteiger partial charge in [-0.3, -0.25) is 4.79 Å². The van der Waals surface area contributed by atoms with Crippen LogP contribution in [-0.4, -0.2) is 14.3 Å². The highest BCUT2D eigenvalue weighted by Gasteiger charge is 2.19. The average Bonchev–Trinajstić information content (AvgIpc) is 2.56. The number of nitrogens with one attached hydrogen (secondary N) is 2. The minimum atomic E-state index is -4.19. The highest BCUT2D eigenvalue weighted by molar-refractivity contribution is 7.89. The molecule has 0 bridgehead atoms. The van der Waals surface area contributed by atoms with Gasteiger partial charge >= 0.3 is 0 Å². The van der Waals surface area contributed by atoms with E-state index in [0.29, 0.717) is 17.3 Å². The molecule has 25 heavy (non-hydrogen) atoms. The Kier molecular flexibility index (Phi) is 5.86. The predicted octanol–water partition coefficient (Wildman–Crippen LogP) is 3.04. The van der Waals surface area contributed by atoms with Crippen LogP contribution in [0.2, 0.25) is 0 Å². The Bertz CT molecular complexity index is 866. The molecule has 2 aromatic carbocycles. The number of halogens is 2. The normalized spacial score (nSPS) is 11.6. The van der Waals surface area contributed by atoms with E-state index in [4.69, 9.17) is 0 Å². The molecule has 0 aliphatic carbocycles. The molecule has 0 aliphatic rings. The van der Waals surface area contributed by atoms with E-state index in [1.807, 2.05) is 0 Å². The maximum atomic E-state index is 13.6. The molecule has 0 aromatic heterocycles. The van der Waals surface area contributed by atoms with Gasteiger partial charge in [0.2, 0.25) is 15.9 Å². The molecule has 8 heteroatoms. The van der Waals surface area contributed by atoms with E-state index in [0.717, 1.165) is 12.1 Å². The summed E-state index contributed by atoms with van der Waals surface area (Å²) >= 11 is 0. The summed E-state index contributed by atoms with van der Waals surface area (Å²) in [5.74, 6) is -2.16. The molecule has 0 saturated heterocycles. The highest BCUT2D eigenvalue weighted by Crippen LogP contribution is 2.17. The molecule has 5 nitrogen and oxygen atoms in total. The number of carbonyl (C=O) groups excluding carboxylic acids is 1. The van der Waals surface area contributed by atoms with E-state index in [-0.39, 0.29) is 18.4 Å². The third kappa shape index (κ3) is 5.07. The molecule has 0 unspecified atom stereocenters. The lowest BCUT2D eigenvalue weighted by molar-refractivity contribution is -0.118. The minimum Gasteiger partial charge on any atom is -0.326 e. The molecular weight excluding hydrogens is 350 g/mol. The maximum Gasteiger partial charge on any atom is 0.243 e. The van der Waals surface area contributed by atoms with Crippen LogP contribution in [0, 0.1) is 17.6 Å². The van der Waals surface area contributed by atoms with Crippen LogP contribution in [-0.2, 0) is 21.4 Å². The van der Waals surface area contributed by atoms with E-state index in [1.165, 1.54) is 0 Å². The van der Waals surface area contributed by atoms with Crippen LogP contribution in [0.4, 0.5) is 14.5 Å². The van der Waals surface area contributed by atoms with Gasteiger partial charge in [-0.25, -0.2) is 21.9 Å². The fourth-order valence-corrected chi connectivity index (χ4v) is 3.04. The number of sulfonamides is 1. The van der Waals surface area contributed by atoms with Crippen molar-refractivity contribution in [2.24, 2.45) is 5.92 Å². The molecule has 134 valence electrons. The van der Waals surface area contributed by atoms with Gasteiger partial charge < -0.3 is 5.32 Å².